The highest BCUT2D eigenvalue weighted by Gasteiger charge is 2.37. The van der Waals surface area contributed by atoms with Crippen LogP contribution in [0.4, 0.5) is 29.5 Å². The van der Waals surface area contributed by atoms with Gasteiger partial charge >= 0.3 is 6.03 Å². The summed E-state index contributed by atoms with van der Waals surface area (Å²) >= 11 is 6.30. The molecule has 3 heterocycles. The number of hydrogen-bond acceptors (Lipinski definition) is 4. The summed E-state index contributed by atoms with van der Waals surface area (Å²) in [6.45, 7) is -0.139. The quantitative estimate of drug-likeness (QED) is 0.495. The lowest BCUT2D eigenvalue weighted by molar-refractivity contribution is -0.123. The maximum atomic E-state index is 14.1. The first-order valence-corrected chi connectivity index (χ1v) is 11.2. The van der Waals surface area contributed by atoms with Gasteiger partial charge in [0.2, 0.25) is 11.7 Å². The molecule has 36 heavy (non-hydrogen) atoms. The van der Waals surface area contributed by atoms with Crippen LogP contribution in [0.1, 0.15) is 33.5 Å². The van der Waals surface area contributed by atoms with Gasteiger partial charge in [0.1, 0.15) is 12.4 Å². The third kappa shape index (κ3) is 3.92. The van der Waals surface area contributed by atoms with Gasteiger partial charge in [0.25, 0.3) is 5.91 Å². The average Bonchev–Trinajstić information content (AvgIpc) is 3.41. The van der Waals surface area contributed by atoms with E-state index < -0.39 is 41.3 Å². The first-order chi connectivity index (χ1) is 17.2. The number of anilines is 2. The second-order valence-electron chi connectivity index (χ2n) is 8.23. The molecule has 13 heteroatoms. The number of rotatable bonds is 3. The van der Waals surface area contributed by atoms with E-state index in [1.807, 2.05) is 0 Å². The molecule has 3 N–H and O–H groups in total. The molecular formula is C23H18ClF3N6O3. The van der Waals surface area contributed by atoms with Gasteiger partial charge in [-0.25, -0.2) is 22.9 Å². The lowest BCUT2D eigenvalue weighted by Crippen LogP contribution is -2.41. The van der Waals surface area contributed by atoms with Crippen molar-refractivity contribution in [1.82, 2.24) is 20.2 Å². The molecule has 0 radical (unpaired) electrons. The van der Waals surface area contributed by atoms with Gasteiger partial charge in [-0.15, -0.1) is 0 Å². The van der Waals surface area contributed by atoms with Crippen LogP contribution in [0, 0.1) is 17.5 Å². The Hall–Kier alpha value is -4.06. The molecule has 0 saturated heterocycles. The Morgan fingerprint density at radius 1 is 1.17 bits per heavy atom. The van der Waals surface area contributed by atoms with E-state index in [0.29, 0.717) is 12.0 Å². The van der Waals surface area contributed by atoms with Gasteiger partial charge in [0.15, 0.2) is 17.5 Å². The van der Waals surface area contributed by atoms with Crippen molar-refractivity contribution in [2.45, 2.75) is 19.0 Å². The summed E-state index contributed by atoms with van der Waals surface area (Å²) in [5.74, 6) is -4.08. The lowest BCUT2D eigenvalue weighted by Gasteiger charge is -2.28. The molecule has 2 aliphatic rings. The molecule has 0 spiro atoms. The zero-order valence-corrected chi connectivity index (χ0v) is 19.4. The van der Waals surface area contributed by atoms with Crippen LogP contribution in [0.2, 0.25) is 5.02 Å². The van der Waals surface area contributed by atoms with Gasteiger partial charge in [-0.3, -0.25) is 19.8 Å². The van der Waals surface area contributed by atoms with E-state index in [9.17, 15) is 27.6 Å². The predicted octanol–water partition coefficient (Wildman–Crippen LogP) is 3.13. The number of amides is 4. The van der Waals surface area contributed by atoms with Gasteiger partial charge in [-0.1, -0.05) is 11.6 Å². The van der Waals surface area contributed by atoms with Gasteiger partial charge in [-0.05, 0) is 36.2 Å². The number of carbonyl (C=O) groups is 3. The van der Waals surface area contributed by atoms with Crippen LogP contribution < -0.4 is 20.9 Å². The molecule has 0 fully saturated rings. The molecule has 2 aromatic carbocycles. The zero-order chi connectivity index (χ0) is 25.7. The molecule has 0 aliphatic carbocycles. The summed E-state index contributed by atoms with van der Waals surface area (Å²) in [6, 6.07) is 3.82. The van der Waals surface area contributed by atoms with Gasteiger partial charge in [0.05, 0.1) is 17.4 Å². The van der Waals surface area contributed by atoms with Crippen molar-refractivity contribution in [3.63, 3.8) is 0 Å². The summed E-state index contributed by atoms with van der Waals surface area (Å²) in [5.41, 5.74) is 1.04. The van der Waals surface area contributed by atoms with E-state index >= 15 is 0 Å². The molecule has 2 aliphatic heterocycles. The fourth-order valence-electron chi connectivity index (χ4n) is 4.44. The summed E-state index contributed by atoms with van der Waals surface area (Å²) < 4.78 is 42.9. The Balaban J connectivity index is 1.59. The van der Waals surface area contributed by atoms with E-state index in [1.165, 1.54) is 22.6 Å². The number of halogens is 4. The Kier molecular flexibility index (Phi) is 5.83. The van der Waals surface area contributed by atoms with Crippen molar-refractivity contribution in [3.05, 3.63) is 75.5 Å². The Morgan fingerprint density at radius 2 is 1.92 bits per heavy atom. The van der Waals surface area contributed by atoms with E-state index in [1.54, 1.807) is 0 Å². The van der Waals surface area contributed by atoms with Crippen molar-refractivity contribution in [2.24, 2.45) is 0 Å². The summed E-state index contributed by atoms with van der Waals surface area (Å²) in [7, 11) is 1.38. The predicted molar refractivity (Wildman–Crippen MR) is 123 cm³/mol. The third-order valence-corrected chi connectivity index (χ3v) is 6.42. The van der Waals surface area contributed by atoms with Crippen LogP contribution in [-0.2, 0) is 17.8 Å². The summed E-state index contributed by atoms with van der Waals surface area (Å²) in [5, 5.41) is 7.87. The topological polar surface area (TPSA) is 108 Å². The lowest BCUT2D eigenvalue weighted by atomic mass is 10.0. The standard InChI is InChI=1S/C23H18ClF3N6O3/c1-28-22(35)21-30-20(31-23(36)32-5-4-10-6-14(26)15(27)8-16(10)32)19-18(29-17(34)9-33(19)21)12-7-11(25)2-3-13(12)24/h2-3,6-8,18H,4-5,9H2,1H3,(H,28,35)(H,29,34)(H,31,36)/t18-/m0/s1. The molecule has 9 nitrogen and oxygen atoms in total. The number of urea groups is 1. The van der Waals surface area contributed by atoms with Crippen molar-refractivity contribution in [1.29, 1.82) is 0 Å². The fraction of sp³-hybridized carbons (Fsp3) is 0.217. The monoisotopic (exact) mass is 518 g/mol. The molecule has 1 aromatic heterocycles. The van der Waals surface area contributed by atoms with Crippen LogP contribution in [0.5, 0.6) is 0 Å². The number of benzene rings is 2. The smallest absolute Gasteiger partial charge is 0.327 e. The normalized spacial score (nSPS) is 16.3. The van der Waals surface area contributed by atoms with E-state index in [2.05, 4.69) is 20.9 Å². The van der Waals surface area contributed by atoms with Crippen LogP contribution in [-0.4, -0.2) is 41.0 Å². The number of nitrogens with zero attached hydrogens (tertiary/aromatic N) is 3. The SMILES string of the molecule is CNC(=O)c1nc(NC(=O)N2CCc3cc(F)c(F)cc32)c2n1CC(=O)N[C@H]2c1cc(F)ccc1Cl. The van der Waals surface area contributed by atoms with E-state index in [4.69, 9.17) is 11.6 Å². The molecule has 4 amide bonds. The third-order valence-electron chi connectivity index (χ3n) is 6.07. The largest absolute Gasteiger partial charge is 0.352 e. The molecule has 186 valence electrons. The van der Waals surface area contributed by atoms with E-state index in [-0.39, 0.29) is 46.7 Å². The Morgan fingerprint density at radius 3 is 2.67 bits per heavy atom. The van der Waals surface area contributed by atoms with Gasteiger partial charge in [0, 0.05) is 30.2 Å². The molecular weight excluding hydrogens is 501 g/mol. The molecule has 0 bridgehead atoms. The second kappa shape index (κ2) is 8.86. The van der Waals surface area contributed by atoms with Crippen LogP contribution in [0.25, 0.3) is 0 Å². The van der Waals surface area contributed by atoms with Crippen molar-refractivity contribution in [2.75, 3.05) is 23.8 Å². The maximum absolute atomic E-state index is 14.1. The number of carbonyl (C=O) groups excluding carboxylic acids is 3. The van der Waals surface area contributed by atoms with Crippen LogP contribution in [0.15, 0.2) is 30.3 Å². The van der Waals surface area contributed by atoms with E-state index in [0.717, 1.165) is 24.3 Å². The number of aromatic nitrogens is 2. The minimum absolute atomic E-state index is 0.0834. The maximum Gasteiger partial charge on any atom is 0.327 e. The van der Waals surface area contributed by atoms with Crippen LogP contribution in [0.3, 0.4) is 0 Å². The Labute approximate surface area is 207 Å². The fourth-order valence-corrected chi connectivity index (χ4v) is 4.66. The van der Waals surface area contributed by atoms with Crippen molar-refractivity contribution in [3.8, 4) is 0 Å². The minimum atomic E-state index is -1.10. The first-order valence-electron chi connectivity index (χ1n) is 10.8. The van der Waals surface area contributed by atoms with Crippen LogP contribution >= 0.6 is 11.6 Å². The van der Waals surface area contributed by atoms with Gasteiger partial charge < -0.3 is 15.2 Å². The number of fused-ring (bicyclic) bond motifs is 2. The molecule has 0 unspecified atom stereocenters. The summed E-state index contributed by atoms with van der Waals surface area (Å²) in [4.78, 5) is 43.7. The molecule has 3 aromatic rings. The minimum Gasteiger partial charge on any atom is -0.352 e. The first kappa shape index (κ1) is 23.7. The highest BCUT2D eigenvalue weighted by Crippen LogP contribution is 2.37. The highest BCUT2D eigenvalue weighted by molar-refractivity contribution is 6.31. The number of nitrogens with one attached hydrogen (secondary N) is 3. The van der Waals surface area contributed by atoms with Crippen molar-refractivity contribution >= 4 is 41.0 Å². The molecule has 0 saturated carbocycles. The zero-order valence-electron chi connectivity index (χ0n) is 18.7. The molecule has 1 atom stereocenters. The number of imidazole rings is 1. The summed E-state index contributed by atoms with van der Waals surface area (Å²) in [6.07, 6.45) is 0.308. The van der Waals surface area contributed by atoms with Crippen molar-refractivity contribution < 1.29 is 27.6 Å². The average molecular weight is 519 g/mol. The molecule has 5 rings (SSSR count). The second-order valence-corrected chi connectivity index (χ2v) is 8.63. The highest BCUT2D eigenvalue weighted by atomic mass is 35.5. The Bertz CT molecular complexity index is 1440. The number of hydrogen-bond donors (Lipinski definition) is 3. The van der Waals surface area contributed by atoms with Gasteiger partial charge in [-0.2, -0.15) is 0 Å².